The van der Waals surface area contributed by atoms with Crippen molar-refractivity contribution in [3.8, 4) is 11.6 Å². The molecule has 0 amide bonds. The minimum Gasteiger partial charge on any atom is -0.481 e. The summed E-state index contributed by atoms with van der Waals surface area (Å²) in [6, 6.07) is 0. The van der Waals surface area contributed by atoms with Crippen LogP contribution in [0.5, 0.6) is 0 Å². The number of aromatic amines is 1. The molecule has 15 heavy (non-hydrogen) atoms. The normalized spacial score (nSPS) is 10.5. The fourth-order valence-corrected chi connectivity index (χ4v) is 1.31. The number of carboxylic acid groups (broad SMARTS) is 1. The average molecular weight is 206 g/mol. The van der Waals surface area contributed by atoms with Gasteiger partial charge in [0.05, 0.1) is 12.1 Å². The van der Waals surface area contributed by atoms with Crippen molar-refractivity contribution in [2.75, 3.05) is 0 Å². The van der Waals surface area contributed by atoms with E-state index in [1.165, 1.54) is 0 Å². The van der Waals surface area contributed by atoms with Crippen molar-refractivity contribution in [2.45, 2.75) is 6.42 Å². The number of rotatable bonds is 3. The van der Waals surface area contributed by atoms with Gasteiger partial charge in [0, 0.05) is 25.6 Å². The highest BCUT2D eigenvalue weighted by molar-refractivity contribution is 5.69. The third-order valence-electron chi connectivity index (χ3n) is 2.00. The average Bonchev–Trinajstić information content (AvgIpc) is 2.72. The predicted octanol–water partition coefficient (Wildman–Crippen LogP) is 0.437. The number of aliphatic carboxylic acids is 1. The third kappa shape index (κ3) is 1.88. The zero-order valence-electron chi connectivity index (χ0n) is 8.14. The standard InChI is InChI=1S/C9H10N4O2/c1-13-3-2-10-9(13)8-11-5-6(12-8)4-7(14)15/h2-3,5H,4H2,1H3,(H,11,12)(H,14,15). The van der Waals surface area contributed by atoms with E-state index in [0.29, 0.717) is 17.3 Å². The molecule has 6 nitrogen and oxygen atoms in total. The van der Waals surface area contributed by atoms with Gasteiger partial charge >= 0.3 is 5.97 Å². The van der Waals surface area contributed by atoms with Gasteiger partial charge in [0.1, 0.15) is 0 Å². The van der Waals surface area contributed by atoms with E-state index < -0.39 is 5.97 Å². The van der Waals surface area contributed by atoms with Crippen LogP contribution in [-0.2, 0) is 18.3 Å². The smallest absolute Gasteiger partial charge is 0.309 e. The van der Waals surface area contributed by atoms with Crippen LogP contribution >= 0.6 is 0 Å². The molecule has 0 aromatic carbocycles. The lowest BCUT2D eigenvalue weighted by atomic mass is 10.3. The van der Waals surface area contributed by atoms with E-state index in [-0.39, 0.29) is 6.42 Å². The maximum atomic E-state index is 10.5. The van der Waals surface area contributed by atoms with E-state index in [1.807, 2.05) is 11.6 Å². The van der Waals surface area contributed by atoms with Gasteiger partial charge in [-0.3, -0.25) is 4.79 Å². The molecular formula is C9H10N4O2. The Morgan fingerprint density at radius 1 is 1.67 bits per heavy atom. The number of carbonyl (C=O) groups is 1. The Labute approximate surface area is 85.6 Å². The molecule has 0 aliphatic rings. The van der Waals surface area contributed by atoms with Gasteiger partial charge in [0.25, 0.3) is 0 Å². The molecule has 6 heteroatoms. The summed E-state index contributed by atoms with van der Waals surface area (Å²) >= 11 is 0. The number of H-pyrrole nitrogens is 1. The van der Waals surface area contributed by atoms with Gasteiger partial charge in [-0.2, -0.15) is 0 Å². The van der Waals surface area contributed by atoms with Crippen molar-refractivity contribution in [1.82, 2.24) is 19.5 Å². The van der Waals surface area contributed by atoms with Gasteiger partial charge in [-0.05, 0) is 0 Å². The van der Waals surface area contributed by atoms with E-state index >= 15 is 0 Å². The maximum Gasteiger partial charge on any atom is 0.309 e. The number of hydrogen-bond acceptors (Lipinski definition) is 3. The van der Waals surface area contributed by atoms with Crippen molar-refractivity contribution >= 4 is 5.97 Å². The molecule has 0 spiro atoms. The molecule has 0 radical (unpaired) electrons. The first-order chi connectivity index (χ1) is 7.16. The molecule has 0 aliphatic heterocycles. The largest absolute Gasteiger partial charge is 0.481 e. The van der Waals surface area contributed by atoms with Gasteiger partial charge < -0.3 is 14.7 Å². The van der Waals surface area contributed by atoms with E-state index in [0.717, 1.165) is 0 Å². The fourth-order valence-electron chi connectivity index (χ4n) is 1.31. The molecule has 2 rings (SSSR count). The topological polar surface area (TPSA) is 83.8 Å². The van der Waals surface area contributed by atoms with Crippen LogP contribution in [0.15, 0.2) is 18.6 Å². The quantitative estimate of drug-likeness (QED) is 0.763. The molecular weight excluding hydrogens is 196 g/mol. The van der Waals surface area contributed by atoms with Crippen molar-refractivity contribution in [3.05, 3.63) is 24.3 Å². The number of nitrogens with zero attached hydrogens (tertiary/aromatic N) is 3. The molecule has 0 unspecified atom stereocenters. The Kier molecular flexibility index (Phi) is 2.24. The summed E-state index contributed by atoms with van der Waals surface area (Å²) in [4.78, 5) is 21.6. The molecule has 0 fully saturated rings. The molecule has 2 aromatic heterocycles. The van der Waals surface area contributed by atoms with E-state index in [1.54, 1.807) is 18.6 Å². The lowest BCUT2D eigenvalue weighted by Crippen LogP contribution is -2.00. The van der Waals surface area contributed by atoms with Crippen LogP contribution < -0.4 is 0 Å². The predicted molar refractivity (Wildman–Crippen MR) is 52.1 cm³/mol. The third-order valence-corrected chi connectivity index (χ3v) is 2.00. The molecule has 0 saturated heterocycles. The maximum absolute atomic E-state index is 10.5. The minimum absolute atomic E-state index is 0.0824. The molecule has 2 N–H and O–H groups in total. The summed E-state index contributed by atoms with van der Waals surface area (Å²) in [5, 5.41) is 8.59. The summed E-state index contributed by atoms with van der Waals surface area (Å²) in [6.07, 6.45) is 4.96. The number of hydrogen-bond donors (Lipinski definition) is 2. The summed E-state index contributed by atoms with van der Waals surface area (Å²) in [6.45, 7) is 0. The highest BCUT2D eigenvalue weighted by Crippen LogP contribution is 2.12. The molecule has 0 atom stereocenters. The van der Waals surface area contributed by atoms with Crippen LogP contribution in [0.3, 0.4) is 0 Å². The van der Waals surface area contributed by atoms with E-state index in [2.05, 4.69) is 15.0 Å². The Balaban J connectivity index is 2.28. The summed E-state index contributed by atoms with van der Waals surface area (Å²) < 4.78 is 1.81. The van der Waals surface area contributed by atoms with E-state index in [9.17, 15) is 4.79 Å². The van der Waals surface area contributed by atoms with Crippen LogP contribution in [0.2, 0.25) is 0 Å². The Morgan fingerprint density at radius 3 is 3.07 bits per heavy atom. The Morgan fingerprint density at radius 2 is 2.47 bits per heavy atom. The summed E-state index contributed by atoms with van der Waals surface area (Å²) in [7, 11) is 1.85. The van der Waals surface area contributed by atoms with Crippen molar-refractivity contribution in [3.63, 3.8) is 0 Å². The minimum atomic E-state index is -0.895. The number of carboxylic acids is 1. The van der Waals surface area contributed by atoms with Crippen LogP contribution in [-0.4, -0.2) is 30.6 Å². The first-order valence-corrected chi connectivity index (χ1v) is 4.40. The van der Waals surface area contributed by atoms with Crippen molar-refractivity contribution in [2.24, 2.45) is 7.05 Å². The lowest BCUT2D eigenvalue weighted by molar-refractivity contribution is -0.136. The van der Waals surface area contributed by atoms with Crippen LogP contribution in [0.1, 0.15) is 5.69 Å². The number of aromatic nitrogens is 4. The van der Waals surface area contributed by atoms with Crippen molar-refractivity contribution < 1.29 is 9.90 Å². The zero-order valence-corrected chi connectivity index (χ0v) is 8.14. The first kappa shape index (κ1) is 9.45. The van der Waals surface area contributed by atoms with Crippen LogP contribution in [0, 0.1) is 0 Å². The first-order valence-electron chi connectivity index (χ1n) is 4.40. The zero-order chi connectivity index (χ0) is 10.8. The number of aryl methyl sites for hydroxylation is 1. The second kappa shape index (κ2) is 3.56. The lowest BCUT2D eigenvalue weighted by Gasteiger charge is -1.95. The molecule has 0 aliphatic carbocycles. The van der Waals surface area contributed by atoms with Gasteiger partial charge in [0.15, 0.2) is 11.6 Å². The van der Waals surface area contributed by atoms with Crippen LogP contribution in [0.4, 0.5) is 0 Å². The molecule has 0 bridgehead atoms. The van der Waals surface area contributed by atoms with Crippen LogP contribution in [0.25, 0.3) is 11.6 Å². The highest BCUT2D eigenvalue weighted by atomic mass is 16.4. The summed E-state index contributed by atoms with van der Waals surface area (Å²) in [5.41, 5.74) is 0.500. The van der Waals surface area contributed by atoms with Gasteiger partial charge in [-0.25, -0.2) is 9.97 Å². The molecule has 78 valence electrons. The van der Waals surface area contributed by atoms with Crippen molar-refractivity contribution in [1.29, 1.82) is 0 Å². The number of imidazole rings is 2. The fraction of sp³-hybridized carbons (Fsp3) is 0.222. The number of nitrogens with one attached hydrogen (secondary N) is 1. The molecule has 2 aromatic rings. The SMILES string of the molecule is Cn1ccnc1-c1nc(CC(=O)O)c[nH]1. The Hall–Kier alpha value is -2.11. The molecule has 0 saturated carbocycles. The van der Waals surface area contributed by atoms with Gasteiger partial charge in [-0.15, -0.1) is 0 Å². The second-order valence-corrected chi connectivity index (χ2v) is 3.17. The molecule has 2 heterocycles. The highest BCUT2D eigenvalue weighted by Gasteiger charge is 2.09. The van der Waals surface area contributed by atoms with E-state index in [4.69, 9.17) is 5.11 Å². The summed E-state index contributed by atoms with van der Waals surface area (Å²) in [5.74, 6) is 0.373. The monoisotopic (exact) mass is 206 g/mol. The van der Waals surface area contributed by atoms with Gasteiger partial charge in [0.2, 0.25) is 0 Å². The Bertz CT molecular complexity index is 486. The van der Waals surface area contributed by atoms with Gasteiger partial charge in [-0.1, -0.05) is 0 Å². The second-order valence-electron chi connectivity index (χ2n) is 3.17.